The summed E-state index contributed by atoms with van der Waals surface area (Å²) in [7, 11) is 1.50. The normalized spacial score (nSPS) is 25.5. The lowest BCUT2D eigenvalue weighted by Crippen LogP contribution is -2.61. The van der Waals surface area contributed by atoms with Gasteiger partial charge in [0.25, 0.3) is 0 Å². The summed E-state index contributed by atoms with van der Waals surface area (Å²) in [5, 5.41) is 40.0. The number of fused-ring (bicyclic) bond motifs is 3. The third-order valence-electron chi connectivity index (χ3n) is 16.1. The fourth-order valence-electron chi connectivity index (χ4n) is 12.1. The number of halogens is 1. The third-order valence-corrected chi connectivity index (χ3v) is 16.5. The van der Waals surface area contributed by atoms with Crippen LogP contribution >= 0.6 is 11.6 Å². The summed E-state index contributed by atoms with van der Waals surface area (Å²) in [6.07, 6.45) is 12.9. The van der Waals surface area contributed by atoms with Gasteiger partial charge in [-0.1, -0.05) is 50.4 Å². The van der Waals surface area contributed by atoms with E-state index in [1.807, 2.05) is 39.0 Å². The molecule has 16 nitrogen and oxygen atoms in total. The number of amides is 3. The molecule has 6 aliphatic rings. The number of hydrogen-bond acceptors (Lipinski definition) is 13. The first-order valence-corrected chi connectivity index (χ1v) is 25.8. The number of nitrogens with one attached hydrogen (secondary N) is 3. The number of methoxy groups -OCH3 is 1. The first-order chi connectivity index (χ1) is 33.7. The van der Waals surface area contributed by atoms with Gasteiger partial charge in [-0.05, 0) is 113 Å². The molecule has 9 rings (SSSR count). The van der Waals surface area contributed by atoms with Crippen molar-refractivity contribution in [1.29, 1.82) is 0 Å². The second-order valence-electron chi connectivity index (χ2n) is 21.4. The number of ether oxygens (including phenoxy) is 1. The summed E-state index contributed by atoms with van der Waals surface area (Å²) in [5.41, 5.74) is 2.90. The molecule has 1 aromatic heterocycles. The molecule has 0 spiro atoms. The quantitative estimate of drug-likeness (QED) is 0.167. The zero-order valence-electron chi connectivity index (χ0n) is 41.2. The van der Waals surface area contributed by atoms with Crippen LogP contribution in [0.2, 0.25) is 5.02 Å². The van der Waals surface area contributed by atoms with Crippen molar-refractivity contribution in [2.45, 2.75) is 127 Å². The number of benzene rings is 2. The number of para-hydroxylation sites is 1. The van der Waals surface area contributed by atoms with Crippen molar-refractivity contribution in [2.24, 2.45) is 11.3 Å². The van der Waals surface area contributed by atoms with Gasteiger partial charge in [0.1, 0.15) is 23.6 Å². The van der Waals surface area contributed by atoms with Crippen LogP contribution in [0.5, 0.6) is 11.5 Å². The molecule has 5 N–H and O–H groups in total. The summed E-state index contributed by atoms with van der Waals surface area (Å²) < 4.78 is 5.48. The van der Waals surface area contributed by atoms with Gasteiger partial charge >= 0.3 is 0 Å². The monoisotopic (exact) mass is 979 g/mol. The van der Waals surface area contributed by atoms with E-state index in [1.54, 1.807) is 18.2 Å². The van der Waals surface area contributed by atoms with Gasteiger partial charge in [-0.2, -0.15) is 0 Å². The number of piperazine rings is 1. The molecular formula is C53H71ClN10O6. The number of β-amino-alcohol motifs (C(OH)–C–C–N with tert-alkyl or cyclic N) is 1. The number of phenolic OH excluding ortho intramolecular Hbond substituents is 1. The Morgan fingerprint density at radius 1 is 0.871 bits per heavy atom. The molecule has 0 bridgehead atoms. The van der Waals surface area contributed by atoms with Gasteiger partial charge in [-0.15, -0.1) is 16.6 Å². The molecule has 17 heteroatoms. The molecule has 2 aromatic carbocycles. The number of carbonyl (C=O) groups is 3. The number of nitrogens with zero attached hydrogens (tertiary/aromatic N) is 7. The highest BCUT2D eigenvalue weighted by molar-refractivity contribution is 6.31. The van der Waals surface area contributed by atoms with Crippen LogP contribution in [-0.4, -0.2) is 166 Å². The zero-order valence-corrected chi connectivity index (χ0v) is 42.0. The minimum Gasteiger partial charge on any atom is -0.507 e. The lowest BCUT2D eigenvalue weighted by molar-refractivity contribution is -0.144. The Morgan fingerprint density at radius 2 is 1.54 bits per heavy atom. The number of anilines is 2. The summed E-state index contributed by atoms with van der Waals surface area (Å²) in [6.45, 7) is 14.0. The van der Waals surface area contributed by atoms with E-state index in [0.717, 1.165) is 89.5 Å². The molecule has 3 amide bonds. The van der Waals surface area contributed by atoms with Crippen LogP contribution in [0.4, 0.5) is 11.5 Å². The first kappa shape index (κ1) is 49.8. The number of aliphatic hydroxyl groups excluding tert-OH is 1. The lowest BCUT2D eigenvalue weighted by atomic mass is 9.82. The van der Waals surface area contributed by atoms with Crippen LogP contribution < -0.4 is 25.6 Å². The first-order valence-electron chi connectivity index (χ1n) is 25.5. The number of rotatable bonds is 11. The number of phenols is 1. The van der Waals surface area contributed by atoms with E-state index in [9.17, 15) is 24.6 Å². The Bertz CT molecular complexity index is 2420. The Hall–Kier alpha value is -5.18. The van der Waals surface area contributed by atoms with Gasteiger partial charge in [-0.3, -0.25) is 19.3 Å². The predicted octanol–water partition coefficient (Wildman–Crippen LogP) is 4.71. The van der Waals surface area contributed by atoms with Crippen molar-refractivity contribution in [3.05, 3.63) is 58.6 Å². The molecular weight excluding hydrogens is 908 g/mol. The molecule has 5 aliphatic heterocycles. The van der Waals surface area contributed by atoms with Gasteiger partial charge in [0.2, 0.25) is 17.7 Å². The zero-order chi connectivity index (χ0) is 49.3. The minimum absolute atomic E-state index is 0.00478. The molecule has 0 unspecified atom stereocenters. The number of piperidine rings is 2. The predicted molar refractivity (Wildman–Crippen MR) is 271 cm³/mol. The molecule has 70 heavy (non-hydrogen) atoms. The van der Waals surface area contributed by atoms with Gasteiger partial charge in [0, 0.05) is 86.4 Å². The summed E-state index contributed by atoms with van der Waals surface area (Å²) in [5.74, 6) is 2.88. The number of hydrogen-bond donors (Lipinski definition) is 5. The van der Waals surface area contributed by atoms with E-state index in [-0.39, 0.29) is 43.0 Å². The van der Waals surface area contributed by atoms with Crippen LogP contribution in [0.1, 0.15) is 89.7 Å². The van der Waals surface area contributed by atoms with E-state index < -0.39 is 29.5 Å². The molecule has 1 saturated carbocycles. The maximum Gasteiger partial charge on any atom is 0.246 e. The van der Waals surface area contributed by atoms with Crippen LogP contribution in [-0.2, 0) is 20.9 Å². The second kappa shape index (κ2) is 21.3. The minimum atomic E-state index is -0.920. The Kier molecular flexibility index (Phi) is 15.1. The molecule has 5 fully saturated rings. The highest BCUT2D eigenvalue weighted by Crippen LogP contribution is 2.38. The summed E-state index contributed by atoms with van der Waals surface area (Å²) >= 11 is 6.50. The Balaban J connectivity index is 0.712. The van der Waals surface area contributed by atoms with E-state index >= 15 is 0 Å². The molecule has 376 valence electrons. The lowest BCUT2D eigenvalue weighted by Gasteiger charge is -2.50. The van der Waals surface area contributed by atoms with Gasteiger partial charge < -0.3 is 50.5 Å². The standard InChI is InChI=1S/C53H71ClN10O6/c1-6-33-25-42(54)41(47(26-33)70-5)30-56-51(68)45-27-39(65)32-64(45)52(69)48(53(2,3)4)57-50(67)34-11-13-35(14-12-34)60-19-15-36(16-20-60)61-21-17-37(18-22-61)62-23-24-63-38(31-62)29-55-49-44(63)28-43(58-59-49)40-9-7-8-10-46(40)66/h1,7-10,25-26,28,34-39,45,48,65-66H,11-24,27,29-32H2,2-5H3,(H,55,59)(H,56,68)(H,57,67)/t34-,35-,38-,39+,45-,48+/m0/s1. The van der Waals surface area contributed by atoms with Gasteiger partial charge in [-0.25, -0.2) is 0 Å². The summed E-state index contributed by atoms with van der Waals surface area (Å²) in [4.78, 5) is 54.0. The van der Waals surface area contributed by atoms with Crippen LogP contribution in [0.15, 0.2) is 42.5 Å². The van der Waals surface area contributed by atoms with Crippen molar-refractivity contribution < 1.29 is 29.3 Å². The van der Waals surface area contributed by atoms with E-state index in [1.165, 1.54) is 37.7 Å². The van der Waals surface area contributed by atoms with E-state index in [0.29, 0.717) is 57.3 Å². The Morgan fingerprint density at radius 3 is 2.20 bits per heavy atom. The topological polar surface area (TPSA) is 179 Å². The van der Waals surface area contributed by atoms with Crippen molar-refractivity contribution >= 4 is 40.8 Å². The number of aromatic hydroxyl groups is 1. The maximum absolute atomic E-state index is 14.3. The molecule has 6 heterocycles. The van der Waals surface area contributed by atoms with Crippen LogP contribution in [0.25, 0.3) is 11.3 Å². The molecule has 1 aliphatic carbocycles. The van der Waals surface area contributed by atoms with Gasteiger partial charge in [0.15, 0.2) is 5.82 Å². The van der Waals surface area contributed by atoms with E-state index in [4.69, 9.17) is 22.8 Å². The van der Waals surface area contributed by atoms with Crippen molar-refractivity contribution in [2.75, 3.05) is 76.2 Å². The maximum atomic E-state index is 14.3. The molecule has 3 aromatic rings. The van der Waals surface area contributed by atoms with Crippen LogP contribution in [0, 0.1) is 23.7 Å². The summed E-state index contributed by atoms with van der Waals surface area (Å²) in [6, 6.07) is 12.9. The largest absolute Gasteiger partial charge is 0.507 e. The second-order valence-corrected chi connectivity index (χ2v) is 21.9. The molecule has 4 atom stereocenters. The molecule has 4 saturated heterocycles. The third kappa shape index (κ3) is 10.7. The average Bonchev–Trinajstić information content (AvgIpc) is 3.78. The Labute approximate surface area is 417 Å². The number of terminal acetylenes is 1. The van der Waals surface area contributed by atoms with Crippen molar-refractivity contribution in [3.63, 3.8) is 0 Å². The van der Waals surface area contributed by atoms with Crippen LogP contribution in [0.3, 0.4) is 0 Å². The fraction of sp³-hybridized carbons (Fsp3) is 0.604. The van der Waals surface area contributed by atoms with E-state index in [2.05, 4.69) is 57.7 Å². The van der Waals surface area contributed by atoms with Gasteiger partial charge in [0.05, 0.1) is 35.7 Å². The van der Waals surface area contributed by atoms with Crippen molar-refractivity contribution in [1.82, 2.24) is 40.4 Å². The van der Waals surface area contributed by atoms with Crippen molar-refractivity contribution in [3.8, 4) is 35.1 Å². The highest BCUT2D eigenvalue weighted by Gasteiger charge is 2.46. The number of aromatic nitrogens is 2. The fourth-order valence-corrected chi connectivity index (χ4v) is 12.4. The average molecular weight is 980 g/mol. The SMILES string of the molecule is C#Cc1cc(Cl)c(CNC(=O)[C@@H]2C[C@@H](O)CN2C(=O)[C@@H](NC(=O)[C@H]2CC[C@H](N3CCC(N4CCC(N5CCN6c7cc(-c8ccccc8O)nnc7NC[C@H]6C5)CC4)CC3)CC2)C(C)(C)C)c(OC)c1. The number of carbonyl (C=O) groups excluding carboxylic acids is 3. The highest BCUT2D eigenvalue weighted by atomic mass is 35.5. The molecule has 0 radical (unpaired) electrons. The smallest absolute Gasteiger partial charge is 0.246 e. The number of aliphatic hydroxyl groups is 1. The number of likely N-dealkylation sites (tertiary alicyclic amines) is 3.